The average Bonchev–Trinajstić information content (AvgIpc) is 2.92. The van der Waals surface area contributed by atoms with Gasteiger partial charge in [-0.1, -0.05) is 61.0 Å². The Hall–Kier alpha value is -2.16. The molecule has 3 nitrogen and oxygen atoms in total. The summed E-state index contributed by atoms with van der Waals surface area (Å²) in [6, 6.07) is 19.2. The number of hydrogen-bond donors (Lipinski definition) is 0. The number of para-hydroxylation sites is 1. The lowest BCUT2D eigenvalue weighted by Crippen LogP contribution is -2.13. The summed E-state index contributed by atoms with van der Waals surface area (Å²) in [7, 11) is 0. The summed E-state index contributed by atoms with van der Waals surface area (Å²) >= 11 is 0. The van der Waals surface area contributed by atoms with E-state index in [0.29, 0.717) is 6.04 Å². The number of rotatable bonds is 5. The third-order valence-electron chi connectivity index (χ3n) is 3.66. The molecule has 0 N–H and O–H groups in total. The van der Waals surface area contributed by atoms with Gasteiger partial charge in [0.15, 0.2) is 0 Å². The average molecular weight is 265 g/mol. The molecule has 3 aromatic rings. The number of benzene rings is 2. The second kappa shape index (κ2) is 5.87. The Labute approximate surface area is 119 Å². The van der Waals surface area contributed by atoms with E-state index in [9.17, 15) is 0 Å². The smallest absolute Gasteiger partial charge is 0.113 e. The molecule has 1 heterocycles. The highest BCUT2D eigenvalue weighted by molar-refractivity contribution is 5.73. The number of hydrogen-bond acceptors (Lipinski definition) is 2. The number of nitrogens with zero attached hydrogens (tertiary/aromatic N) is 3. The summed E-state index contributed by atoms with van der Waals surface area (Å²) in [5.74, 6) is 0. The molecule has 0 aliphatic heterocycles. The topological polar surface area (TPSA) is 30.7 Å². The molecule has 0 aliphatic rings. The largest absolute Gasteiger partial charge is 0.241 e. The predicted octanol–water partition coefficient (Wildman–Crippen LogP) is 4.02. The molecule has 0 amide bonds. The van der Waals surface area contributed by atoms with Gasteiger partial charge in [-0.05, 0) is 30.5 Å². The lowest BCUT2D eigenvalue weighted by atomic mass is 10.0. The maximum Gasteiger partial charge on any atom is 0.113 e. The third-order valence-corrected chi connectivity index (χ3v) is 3.66. The zero-order valence-electron chi connectivity index (χ0n) is 11.7. The normalized spacial score (nSPS) is 12.7. The molecule has 0 saturated heterocycles. The van der Waals surface area contributed by atoms with Gasteiger partial charge in [0.1, 0.15) is 5.52 Å². The van der Waals surface area contributed by atoms with Crippen LogP contribution in [0.2, 0.25) is 0 Å². The van der Waals surface area contributed by atoms with Crippen molar-refractivity contribution in [3.05, 3.63) is 60.2 Å². The maximum atomic E-state index is 4.38. The van der Waals surface area contributed by atoms with Gasteiger partial charge < -0.3 is 0 Å². The Morgan fingerprint density at radius 1 is 1.00 bits per heavy atom. The first-order chi connectivity index (χ1) is 9.88. The molecule has 3 heteroatoms. The number of fused-ring (bicyclic) bond motifs is 1. The van der Waals surface area contributed by atoms with Crippen LogP contribution < -0.4 is 0 Å². The van der Waals surface area contributed by atoms with Crippen LogP contribution in [0.25, 0.3) is 11.0 Å². The minimum Gasteiger partial charge on any atom is -0.241 e. The van der Waals surface area contributed by atoms with Crippen molar-refractivity contribution in [3.63, 3.8) is 0 Å². The molecule has 0 spiro atoms. The van der Waals surface area contributed by atoms with Crippen LogP contribution in [0.3, 0.4) is 0 Å². The summed E-state index contributed by atoms with van der Waals surface area (Å²) in [5.41, 5.74) is 3.45. The molecule has 0 radical (unpaired) electrons. The summed E-state index contributed by atoms with van der Waals surface area (Å²) < 4.78 is 2.09. The monoisotopic (exact) mass is 265 g/mol. The Bertz CT molecular complexity index is 673. The van der Waals surface area contributed by atoms with Crippen molar-refractivity contribution in [2.75, 3.05) is 0 Å². The van der Waals surface area contributed by atoms with E-state index in [-0.39, 0.29) is 0 Å². The second-order valence-corrected chi connectivity index (χ2v) is 5.15. The van der Waals surface area contributed by atoms with Crippen LogP contribution in [0.5, 0.6) is 0 Å². The molecule has 1 unspecified atom stereocenters. The van der Waals surface area contributed by atoms with Crippen LogP contribution >= 0.6 is 0 Å². The standard InChI is InChI=1S/C17H19N3/c1-2-8-15(13-14-9-4-3-5-10-14)20-17-12-7-6-11-16(17)18-19-20/h3-7,9-12,15H,2,8,13H2,1H3. The highest BCUT2D eigenvalue weighted by atomic mass is 15.4. The molecule has 20 heavy (non-hydrogen) atoms. The van der Waals surface area contributed by atoms with Crippen molar-refractivity contribution < 1.29 is 0 Å². The van der Waals surface area contributed by atoms with Gasteiger partial charge in [-0.3, -0.25) is 0 Å². The Morgan fingerprint density at radius 2 is 1.75 bits per heavy atom. The van der Waals surface area contributed by atoms with Crippen LogP contribution in [-0.4, -0.2) is 15.0 Å². The van der Waals surface area contributed by atoms with Gasteiger partial charge in [0.2, 0.25) is 0 Å². The Morgan fingerprint density at radius 3 is 2.55 bits per heavy atom. The minimum absolute atomic E-state index is 0.370. The van der Waals surface area contributed by atoms with Gasteiger partial charge in [-0.15, -0.1) is 5.10 Å². The van der Waals surface area contributed by atoms with Crippen molar-refractivity contribution in [3.8, 4) is 0 Å². The molecule has 1 atom stereocenters. The third kappa shape index (κ3) is 2.57. The molecule has 0 saturated carbocycles. The van der Waals surface area contributed by atoms with Crippen molar-refractivity contribution in [2.45, 2.75) is 32.2 Å². The first-order valence-corrected chi connectivity index (χ1v) is 7.22. The zero-order chi connectivity index (χ0) is 13.8. The Kier molecular flexibility index (Phi) is 3.77. The minimum atomic E-state index is 0.370. The zero-order valence-corrected chi connectivity index (χ0v) is 11.7. The molecule has 0 aliphatic carbocycles. The van der Waals surface area contributed by atoms with E-state index in [1.165, 1.54) is 5.56 Å². The molecule has 2 aromatic carbocycles. The molecule has 102 valence electrons. The highest BCUT2D eigenvalue weighted by Crippen LogP contribution is 2.23. The van der Waals surface area contributed by atoms with Crippen LogP contribution in [0.1, 0.15) is 31.4 Å². The number of aromatic nitrogens is 3. The Balaban J connectivity index is 1.94. The fraction of sp³-hybridized carbons (Fsp3) is 0.294. The molecular formula is C17H19N3. The van der Waals surface area contributed by atoms with Gasteiger partial charge in [0.25, 0.3) is 0 Å². The quantitative estimate of drug-likeness (QED) is 0.697. The van der Waals surface area contributed by atoms with Gasteiger partial charge in [0.05, 0.1) is 11.6 Å². The first kappa shape index (κ1) is 12.9. The summed E-state index contributed by atoms with van der Waals surface area (Å²) in [4.78, 5) is 0. The van der Waals surface area contributed by atoms with Crippen LogP contribution in [-0.2, 0) is 6.42 Å². The predicted molar refractivity (Wildman–Crippen MR) is 81.6 cm³/mol. The van der Waals surface area contributed by atoms with Crippen molar-refractivity contribution in [2.24, 2.45) is 0 Å². The van der Waals surface area contributed by atoms with E-state index >= 15 is 0 Å². The van der Waals surface area contributed by atoms with Crippen LogP contribution in [0, 0.1) is 0 Å². The summed E-state index contributed by atoms with van der Waals surface area (Å²) in [6.45, 7) is 2.22. The van der Waals surface area contributed by atoms with Gasteiger partial charge >= 0.3 is 0 Å². The van der Waals surface area contributed by atoms with Crippen LogP contribution in [0.4, 0.5) is 0 Å². The van der Waals surface area contributed by atoms with Crippen molar-refractivity contribution in [1.82, 2.24) is 15.0 Å². The first-order valence-electron chi connectivity index (χ1n) is 7.22. The molecule has 3 rings (SSSR count). The lowest BCUT2D eigenvalue weighted by molar-refractivity contribution is 0.420. The van der Waals surface area contributed by atoms with Crippen molar-refractivity contribution >= 4 is 11.0 Å². The molecule has 0 fully saturated rings. The second-order valence-electron chi connectivity index (χ2n) is 5.15. The highest BCUT2D eigenvalue weighted by Gasteiger charge is 2.15. The summed E-state index contributed by atoms with van der Waals surface area (Å²) in [6.07, 6.45) is 3.26. The summed E-state index contributed by atoms with van der Waals surface area (Å²) in [5, 5.41) is 8.65. The van der Waals surface area contributed by atoms with E-state index in [1.54, 1.807) is 0 Å². The molecular weight excluding hydrogens is 246 g/mol. The molecule has 1 aromatic heterocycles. The fourth-order valence-electron chi connectivity index (χ4n) is 2.69. The SMILES string of the molecule is CCCC(Cc1ccccc1)n1nnc2ccccc21. The van der Waals surface area contributed by atoms with E-state index < -0.39 is 0 Å². The van der Waals surface area contributed by atoms with Crippen molar-refractivity contribution in [1.29, 1.82) is 0 Å². The van der Waals surface area contributed by atoms with E-state index in [2.05, 4.69) is 58.3 Å². The lowest BCUT2D eigenvalue weighted by Gasteiger charge is -2.17. The van der Waals surface area contributed by atoms with E-state index in [4.69, 9.17) is 0 Å². The fourth-order valence-corrected chi connectivity index (χ4v) is 2.69. The van der Waals surface area contributed by atoms with Gasteiger partial charge in [0, 0.05) is 0 Å². The molecule has 0 bridgehead atoms. The van der Waals surface area contributed by atoms with E-state index in [0.717, 1.165) is 30.3 Å². The van der Waals surface area contributed by atoms with Gasteiger partial charge in [-0.2, -0.15) is 0 Å². The van der Waals surface area contributed by atoms with Gasteiger partial charge in [-0.25, -0.2) is 4.68 Å². The van der Waals surface area contributed by atoms with E-state index in [1.807, 2.05) is 18.2 Å². The maximum absolute atomic E-state index is 4.38. The van der Waals surface area contributed by atoms with Crippen LogP contribution in [0.15, 0.2) is 54.6 Å².